The molecule has 1 amide bonds. The smallest absolute Gasteiger partial charge is 0.404 e. The number of carbonyl (C=O) groups excluding carboxylic acids is 1. The summed E-state index contributed by atoms with van der Waals surface area (Å²) in [6.45, 7) is 4.32. The molecular weight excluding hydrogens is 240 g/mol. The second-order valence-corrected chi connectivity index (χ2v) is 3.50. The number of rotatable bonds is 4. The number of hydrogen-bond acceptors (Lipinski definition) is 2. The first kappa shape index (κ1) is 14.2. The van der Waals surface area contributed by atoms with E-state index < -0.39 is 17.9 Å². The molecule has 0 aromatic heterocycles. The van der Waals surface area contributed by atoms with Gasteiger partial charge in [0.15, 0.2) is 0 Å². The van der Waals surface area contributed by atoms with Crippen molar-refractivity contribution in [1.82, 2.24) is 4.90 Å². The Hall–Kier alpha value is -1.91. The summed E-state index contributed by atoms with van der Waals surface area (Å²) in [5.41, 5.74) is 0.179. The lowest BCUT2D eigenvalue weighted by Gasteiger charge is -2.18. The van der Waals surface area contributed by atoms with Crippen LogP contribution in [0.2, 0.25) is 0 Å². The van der Waals surface area contributed by atoms with Crippen molar-refractivity contribution in [2.75, 3.05) is 13.1 Å². The van der Waals surface area contributed by atoms with Crippen molar-refractivity contribution >= 4 is 11.9 Å². The van der Waals surface area contributed by atoms with Gasteiger partial charge in [0.05, 0.1) is 0 Å². The molecule has 0 saturated heterocycles. The van der Waals surface area contributed by atoms with E-state index in [0.717, 1.165) is 0 Å². The van der Waals surface area contributed by atoms with Gasteiger partial charge in [0.25, 0.3) is 0 Å². The summed E-state index contributed by atoms with van der Waals surface area (Å²) in [4.78, 5) is 13.0. The lowest BCUT2D eigenvalue weighted by atomic mass is 10.2. The molecule has 1 aromatic rings. The molecule has 0 fully saturated rings. The van der Waals surface area contributed by atoms with Gasteiger partial charge in [-0.3, -0.25) is 0 Å². The molecular formula is C13H15F2NO2. The van der Waals surface area contributed by atoms with E-state index in [4.69, 9.17) is 4.74 Å². The van der Waals surface area contributed by atoms with Crippen molar-refractivity contribution in [3.63, 3.8) is 0 Å². The Morgan fingerprint density at radius 2 is 1.72 bits per heavy atom. The fourth-order valence-electron chi connectivity index (χ4n) is 1.43. The maximum atomic E-state index is 12.8. The van der Waals surface area contributed by atoms with Gasteiger partial charge in [0, 0.05) is 18.7 Å². The average molecular weight is 255 g/mol. The standard InChI is InChI=1S/C13H15F2NO2/c1-3-16(4-2)13(17)18-11(12(14)15)10-8-6-5-7-9-10/h5-9H,3-4H2,1-2H3. The molecule has 0 aliphatic carbocycles. The molecule has 5 heteroatoms. The second kappa shape index (κ2) is 6.74. The van der Waals surface area contributed by atoms with Gasteiger partial charge in [-0.15, -0.1) is 0 Å². The molecule has 0 aliphatic heterocycles. The van der Waals surface area contributed by atoms with E-state index in [9.17, 15) is 13.6 Å². The molecule has 1 aromatic carbocycles. The van der Waals surface area contributed by atoms with Crippen molar-refractivity contribution in [3.8, 4) is 0 Å². The van der Waals surface area contributed by atoms with Crippen LogP contribution >= 0.6 is 0 Å². The van der Waals surface area contributed by atoms with Crippen LogP contribution in [0.5, 0.6) is 0 Å². The topological polar surface area (TPSA) is 29.5 Å². The first-order chi connectivity index (χ1) is 8.60. The lowest BCUT2D eigenvalue weighted by molar-refractivity contribution is 0.145. The largest absolute Gasteiger partial charge is 0.415 e. The van der Waals surface area contributed by atoms with Gasteiger partial charge in [-0.05, 0) is 13.8 Å². The van der Waals surface area contributed by atoms with Crippen molar-refractivity contribution in [2.24, 2.45) is 0 Å². The van der Waals surface area contributed by atoms with Crippen molar-refractivity contribution in [1.29, 1.82) is 0 Å². The van der Waals surface area contributed by atoms with E-state index >= 15 is 0 Å². The predicted molar refractivity (Wildman–Crippen MR) is 65.0 cm³/mol. The molecule has 0 atom stereocenters. The molecule has 0 N–H and O–H groups in total. The van der Waals surface area contributed by atoms with Crippen LogP contribution in [0.25, 0.3) is 5.76 Å². The molecule has 18 heavy (non-hydrogen) atoms. The highest BCUT2D eigenvalue weighted by Gasteiger charge is 2.18. The zero-order valence-corrected chi connectivity index (χ0v) is 10.3. The zero-order chi connectivity index (χ0) is 13.5. The van der Waals surface area contributed by atoms with Gasteiger partial charge in [-0.2, -0.15) is 8.78 Å². The number of carbonyl (C=O) groups is 1. The van der Waals surface area contributed by atoms with E-state index in [1.807, 2.05) is 0 Å². The maximum Gasteiger partial charge on any atom is 0.415 e. The van der Waals surface area contributed by atoms with Gasteiger partial charge in [-0.25, -0.2) is 4.79 Å². The van der Waals surface area contributed by atoms with Crippen LogP contribution in [-0.2, 0) is 4.74 Å². The van der Waals surface area contributed by atoms with Gasteiger partial charge < -0.3 is 9.64 Å². The highest BCUT2D eigenvalue weighted by atomic mass is 19.3. The molecule has 3 nitrogen and oxygen atoms in total. The predicted octanol–water partition coefficient (Wildman–Crippen LogP) is 3.73. The van der Waals surface area contributed by atoms with Crippen LogP contribution in [0.1, 0.15) is 19.4 Å². The summed E-state index contributed by atoms with van der Waals surface area (Å²) in [5, 5.41) is 0. The summed E-state index contributed by atoms with van der Waals surface area (Å²) >= 11 is 0. The quantitative estimate of drug-likeness (QED) is 0.767. The average Bonchev–Trinajstić information content (AvgIpc) is 2.38. The Labute approximate surface area is 105 Å². The molecule has 0 bridgehead atoms. The third-order valence-electron chi connectivity index (χ3n) is 2.42. The van der Waals surface area contributed by atoms with Crippen molar-refractivity contribution in [3.05, 3.63) is 42.0 Å². The Morgan fingerprint density at radius 3 is 2.17 bits per heavy atom. The van der Waals surface area contributed by atoms with E-state index in [0.29, 0.717) is 13.1 Å². The van der Waals surface area contributed by atoms with E-state index in [1.165, 1.54) is 17.0 Å². The SMILES string of the molecule is CCN(CC)C(=O)OC(=C(F)F)c1ccccc1. The number of halogens is 2. The molecule has 0 spiro atoms. The third-order valence-corrected chi connectivity index (χ3v) is 2.42. The molecule has 0 heterocycles. The Balaban J connectivity index is 2.91. The van der Waals surface area contributed by atoms with Gasteiger partial charge in [0.1, 0.15) is 0 Å². The van der Waals surface area contributed by atoms with E-state index in [2.05, 4.69) is 0 Å². The van der Waals surface area contributed by atoms with Gasteiger partial charge in [0.2, 0.25) is 5.76 Å². The summed E-state index contributed by atoms with van der Waals surface area (Å²) < 4.78 is 30.4. The minimum Gasteiger partial charge on any atom is -0.404 e. The first-order valence-corrected chi connectivity index (χ1v) is 5.67. The Kier molecular flexibility index (Phi) is 5.30. The van der Waals surface area contributed by atoms with Crippen LogP contribution in [0.3, 0.4) is 0 Å². The number of amides is 1. The van der Waals surface area contributed by atoms with Crippen LogP contribution < -0.4 is 0 Å². The van der Waals surface area contributed by atoms with Crippen LogP contribution in [0.15, 0.2) is 36.4 Å². The normalized spacial score (nSPS) is 9.78. The Morgan fingerprint density at radius 1 is 1.17 bits per heavy atom. The molecule has 1 rings (SSSR count). The van der Waals surface area contributed by atoms with E-state index in [-0.39, 0.29) is 5.56 Å². The van der Waals surface area contributed by atoms with Crippen LogP contribution in [0.4, 0.5) is 13.6 Å². The van der Waals surface area contributed by atoms with Crippen molar-refractivity contribution < 1.29 is 18.3 Å². The second-order valence-electron chi connectivity index (χ2n) is 3.50. The summed E-state index contributed by atoms with van der Waals surface area (Å²) in [6.07, 6.45) is -2.78. The number of nitrogens with zero attached hydrogens (tertiary/aromatic N) is 1. The highest BCUT2D eigenvalue weighted by Crippen LogP contribution is 2.22. The van der Waals surface area contributed by atoms with Crippen molar-refractivity contribution in [2.45, 2.75) is 13.8 Å². The van der Waals surface area contributed by atoms with E-state index in [1.54, 1.807) is 32.0 Å². The molecule has 98 valence electrons. The summed E-state index contributed by atoms with van der Waals surface area (Å²) in [5.74, 6) is -0.688. The number of benzene rings is 1. The number of hydrogen-bond donors (Lipinski definition) is 0. The molecule has 0 aliphatic rings. The summed E-state index contributed by atoms with van der Waals surface area (Å²) in [7, 11) is 0. The number of ether oxygens (including phenoxy) is 1. The van der Waals surface area contributed by atoms with Crippen LogP contribution in [-0.4, -0.2) is 24.1 Å². The molecule has 0 unspecified atom stereocenters. The maximum absolute atomic E-state index is 12.8. The Bertz CT molecular complexity index is 424. The third kappa shape index (κ3) is 3.55. The molecule has 0 radical (unpaired) electrons. The molecule has 0 saturated carbocycles. The minimum atomic E-state index is -2.01. The monoisotopic (exact) mass is 255 g/mol. The first-order valence-electron chi connectivity index (χ1n) is 5.67. The van der Waals surface area contributed by atoms with Crippen LogP contribution in [0, 0.1) is 0 Å². The summed E-state index contributed by atoms with van der Waals surface area (Å²) in [6, 6.07) is 7.82. The lowest BCUT2D eigenvalue weighted by Crippen LogP contribution is -2.30. The van der Waals surface area contributed by atoms with Gasteiger partial charge in [-0.1, -0.05) is 30.3 Å². The minimum absolute atomic E-state index is 0.179. The fourth-order valence-corrected chi connectivity index (χ4v) is 1.43. The highest BCUT2D eigenvalue weighted by molar-refractivity contribution is 5.77. The fraction of sp³-hybridized carbons (Fsp3) is 0.308. The van der Waals surface area contributed by atoms with Gasteiger partial charge >= 0.3 is 12.2 Å². The zero-order valence-electron chi connectivity index (χ0n) is 10.3.